The normalized spacial score (nSPS) is 26.9. The van der Waals surface area contributed by atoms with Gasteiger partial charge in [0.2, 0.25) is 11.7 Å². The first kappa shape index (κ1) is 18.1. The first-order chi connectivity index (χ1) is 13.0. The average Bonchev–Trinajstić information content (AvgIpc) is 3.27. The Morgan fingerprint density at radius 1 is 1.26 bits per heavy atom. The molecule has 7 nitrogen and oxygen atoms in total. The van der Waals surface area contributed by atoms with Crippen molar-refractivity contribution in [2.24, 2.45) is 5.92 Å². The van der Waals surface area contributed by atoms with Gasteiger partial charge in [-0.15, -0.1) is 0 Å². The molecule has 4 atom stereocenters. The summed E-state index contributed by atoms with van der Waals surface area (Å²) in [6, 6.07) is 7.69. The summed E-state index contributed by atoms with van der Waals surface area (Å²) in [6.45, 7) is 4.79. The number of nitrogens with one attached hydrogen (secondary N) is 1. The quantitative estimate of drug-likeness (QED) is 0.870. The number of ether oxygens (including phenoxy) is 1. The molecule has 0 radical (unpaired) electrons. The Balaban J connectivity index is 1.45. The molecule has 2 aliphatic rings. The average molecular weight is 370 g/mol. The molecule has 4 rings (SSSR count). The fraction of sp³-hybridized carbons (Fsp3) is 0.550. The van der Waals surface area contributed by atoms with Crippen molar-refractivity contribution in [3.05, 3.63) is 35.7 Å². The summed E-state index contributed by atoms with van der Waals surface area (Å²) in [6.07, 6.45) is 1.25. The molecule has 1 aliphatic heterocycles. The van der Waals surface area contributed by atoms with E-state index in [0.717, 1.165) is 18.6 Å². The van der Waals surface area contributed by atoms with Gasteiger partial charge in [-0.3, -0.25) is 4.79 Å². The number of hydrogen-bond acceptors (Lipinski definition) is 6. The van der Waals surface area contributed by atoms with Crippen LogP contribution in [0.3, 0.4) is 0 Å². The first-order valence-electron chi connectivity index (χ1n) is 9.48. The number of nitrogens with zero attached hydrogens (tertiary/aromatic N) is 3. The number of rotatable bonds is 5. The van der Waals surface area contributed by atoms with Gasteiger partial charge in [-0.2, -0.15) is 4.98 Å². The lowest BCUT2D eigenvalue weighted by Crippen LogP contribution is -2.69. The van der Waals surface area contributed by atoms with Gasteiger partial charge in [0.25, 0.3) is 5.91 Å². The third-order valence-electron chi connectivity index (χ3n) is 5.58. The molecule has 1 N–H and O–H groups in total. The van der Waals surface area contributed by atoms with E-state index in [-0.39, 0.29) is 30.0 Å². The molecular formula is C20H26N4O3. The Hall–Kier alpha value is -2.25. The molecule has 0 unspecified atom stereocenters. The maximum Gasteiger partial charge on any atom is 0.251 e. The summed E-state index contributed by atoms with van der Waals surface area (Å²) in [5, 5.41) is 7.22. The van der Waals surface area contributed by atoms with Crippen LogP contribution in [0.25, 0.3) is 11.4 Å². The van der Waals surface area contributed by atoms with Crippen molar-refractivity contribution in [3.8, 4) is 11.4 Å². The first-order valence-corrected chi connectivity index (χ1v) is 9.48. The molecule has 1 aromatic heterocycles. The molecular weight excluding hydrogens is 344 g/mol. The van der Waals surface area contributed by atoms with E-state index in [1.807, 2.05) is 52.2 Å². The molecule has 27 heavy (non-hydrogen) atoms. The standard InChI is InChI=1S/C20H26N4O3/c1-11(2)20-22-18(23-27-20)12-5-7-13(8-6-12)19(25)21-15-14-9-10-26-17(14)16(15)24(3)4/h5-8,11,14-17H,9-10H2,1-4H3,(H,21,25)/t14-,15+,16-,17-/m1/s1. The number of benzene rings is 1. The Labute approximate surface area is 159 Å². The molecule has 7 heteroatoms. The van der Waals surface area contributed by atoms with Gasteiger partial charge in [0, 0.05) is 29.6 Å². The molecule has 1 saturated carbocycles. The van der Waals surface area contributed by atoms with Gasteiger partial charge in [0.05, 0.1) is 18.2 Å². The topological polar surface area (TPSA) is 80.5 Å². The highest BCUT2D eigenvalue weighted by Crippen LogP contribution is 2.41. The van der Waals surface area contributed by atoms with Gasteiger partial charge in [-0.1, -0.05) is 31.1 Å². The summed E-state index contributed by atoms with van der Waals surface area (Å²) in [7, 11) is 4.07. The number of amides is 1. The summed E-state index contributed by atoms with van der Waals surface area (Å²) in [4.78, 5) is 19.3. The highest BCUT2D eigenvalue weighted by atomic mass is 16.5. The van der Waals surface area contributed by atoms with E-state index in [9.17, 15) is 4.79 Å². The zero-order valence-electron chi connectivity index (χ0n) is 16.2. The smallest absolute Gasteiger partial charge is 0.251 e. The Bertz CT molecular complexity index is 815. The van der Waals surface area contributed by atoms with Crippen LogP contribution >= 0.6 is 0 Å². The second-order valence-corrected chi connectivity index (χ2v) is 7.93. The predicted octanol–water partition coefficient (Wildman–Crippen LogP) is 2.31. The van der Waals surface area contributed by atoms with Crippen LogP contribution in [0.5, 0.6) is 0 Å². The zero-order chi connectivity index (χ0) is 19.1. The van der Waals surface area contributed by atoms with Crippen molar-refractivity contribution >= 4 is 5.91 Å². The van der Waals surface area contributed by atoms with Crippen molar-refractivity contribution in [2.75, 3.05) is 20.7 Å². The van der Waals surface area contributed by atoms with Crippen molar-refractivity contribution < 1.29 is 14.1 Å². The molecule has 1 amide bonds. The minimum absolute atomic E-state index is 0.0558. The molecule has 1 aliphatic carbocycles. The van der Waals surface area contributed by atoms with Crippen molar-refractivity contribution in [2.45, 2.75) is 44.4 Å². The summed E-state index contributed by atoms with van der Waals surface area (Å²) in [5.41, 5.74) is 1.47. The van der Waals surface area contributed by atoms with E-state index in [4.69, 9.17) is 9.26 Å². The van der Waals surface area contributed by atoms with E-state index in [1.165, 1.54) is 0 Å². The van der Waals surface area contributed by atoms with E-state index >= 15 is 0 Å². The van der Waals surface area contributed by atoms with Crippen LogP contribution in [0.15, 0.2) is 28.8 Å². The van der Waals surface area contributed by atoms with Crippen LogP contribution in [-0.2, 0) is 4.74 Å². The molecule has 2 aromatic rings. The van der Waals surface area contributed by atoms with Gasteiger partial charge >= 0.3 is 0 Å². The van der Waals surface area contributed by atoms with Crippen molar-refractivity contribution in [1.29, 1.82) is 0 Å². The number of aromatic nitrogens is 2. The molecule has 1 aromatic carbocycles. The maximum absolute atomic E-state index is 12.7. The minimum Gasteiger partial charge on any atom is -0.376 e. The highest BCUT2D eigenvalue weighted by Gasteiger charge is 2.55. The second-order valence-electron chi connectivity index (χ2n) is 7.93. The summed E-state index contributed by atoms with van der Waals surface area (Å²) in [5.74, 6) is 1.70. The Kier molecular flexibility index (Phi) is 4.74. The molecule has 2 heterocycles. The molecule has 2 fully saturated rings. The van der Waals surface area contributed by atoms with Crippen LogP contribution in [0.1, 0.15) is 42.4 Å². The van der Waals surface area contributed by atoms with Crippen LogP contribution in [0.2, 0.25) is 0 Å². The number of likely N-dealkylation sites (N-methyl/N-ethyl adjacent to an activating group) is 1. The van der Waals surface area contributed by atoms with Crippen LogP contribution in [0, 0.1) is 5.92 Å². The molecule has 0 bridgehead atoms. The molecule has 1 saturated heterocycles. The zero-order valence-corrected chi connectivity index (χ0v) is 16.2. The third-order valence-corrected chi connectivity index (χ3v) is 5.58. The van der Waals surface area contributed by atoms with E-state index in [0.29, 0.717) is 23.2 Å². The number of hydrogen-bond donors (Lipinski definition) is 1. The fourth-order valence-electron chi connectivity index (χ4n) is 4.08. The molecule has 0 spiro atoms. The molecule has 144 valence electrons. The lowest BCUT2D eigenvalue weighted by Gasteiger charge is -2.50. The minimum atomic E-state index is -0.0558. The highest BCUT2D eigenvalue weighted by molar-refractivity contribution is 5.95. The van der Waals surface area contributed by atoms with Crippen LogP contribution in [-0.4, -0.2) is 59.8 Å². The Morgan fingerprint density at radius 2 is 2.00 bits per heavy atom. The largest absolute Gasteiger partial charge is 0.376 e. The predicted molar refractivity (Wildman–Crippen MR) is 100 cm³/mol. The maximum atomic E-state index is 12.7. The lowest BCUT2D eigenvalue weighted by molar-refractivity contribution is -0.0664. The van der Waals surface area contributed by atoms with Crippen molar-refractivity contribution in [3.63, 3.8) is 0 Å². The number of carbonyl (C=O) groups is 1. The third kappa shape index (κ3) is 3.26. The van der Waals surface area contributed by atoms with E-state index < -0.39 is 0 Å². The summed E-state index contributed by atoms with van der Waals surface area (Å²) >= 11 is 0. The van der Waals surface area contributed by atoms with Crippen LogP contribution in [0.4, 0.5) is 0 Å². The van der Waals surface area contributed by atoms with Gasteiger partial charge in [-0.05, 0) is 32.6 Å². The number of carbonyl (C=O) groups excluding carboxylic acids is 1. The van der Waals surface area contributed by atoms with Crippen LogP contribution < -0.4 is 5.32 Å². The summed E-state index contributed by atoms with van der Waals surface area (Å²) < 4.78 is 11.1. The lowest BCUT2D eigenvalue weighted by atomic mass is 9.71. The number of fused-ring (bicyclic) bond motifs is 1. The SMILES string of the molecule is CC(C)c1nc(-c2ccc(C(=O)N[C@H]3[C@H]4CCO[C@H]4[C@@H]3N(C)C)cc2)no1. The second kappa shape index (κ2) is 7.05. The monoisotopic (exact) mass is 370 g/mol. The van der Waals surface area contributed by atoms with Gasteiger partial charge < -0.3 is 19.5 Å². The Morgan fingerprint density at radius 3 is 2.63 bits per heavy atom. The van der Waals surface area contributed by atoms with E-state index in [2.05, 4.69) is 20.4 Å². The van der Waals surface area contributed by atoms with E-state index in [1.54, 1.807) is 0 Å². The van der Waals surface area contributed by atoms with Gasteiger partial charge in [0.1, 0.15) is 0 Å². The van der Waals surface area contributed by atoms with Gasteiger partial charge in [0.15, 0.2) is 0 Å². The fourth-order valence-corrected chi connectivity index (χ4v) is 4.08. The van der Waals surface area contributed by atoms with Gasteiger partial charge in [-0.25, -0.2) is 0 Å². The van der Waals surface area contributed by atoms with Crippen molar-refractivity contribution in [1.82, 2.24) is 20.4 Å².